The monoisotopic (exact) mass is 729 g/mol. The number of hydrogen-bond donors (Lipinski definition) is 0. The van der Waals surface area contributed by atoms with Crippen LogP contribution in [-0.2, 0) is 5.41 Å². The van der Waals surface area contributed by atoms with Crippen LogP contribution in [0, 0.1) is 0 Å². The molecule has 0 bridgehead atoms. The first-order valence-corrected chi connectivity index (χ1v) is 19.3. The van der Waals surface area contributed by atoms with Crippen LogP contribution in [0.15, 0.2) is 176 Å². The number of aromatic nitrogens is 4. The molecule has 6 heteroatoms. The van der Waals surface area contributed by atoms with Gasteiger partial charge in [0, 0.05) is 23.5 Å². The fourth-order valence-corrected chi connectivity index (χ4v) is 8.39. The second kappa shape index (κ2) is 14.5. The molecule has 56 heavy (non-hydrogen) atoms. The fraction of sp³-hybridized carbons (Fsp3) is 0.140. The quantitative estimate of drug-likeness (QED) is 0.148. The van der Waals surface area contributed by atoms with Crippen LogP contribution in [0.5, 0.6) is 11.5 Å². The van der Waals surface area contributed by atoms with Gasteiger partial charge in [-0.1, -0.05) is 130 Å². The Balaban J connectivity index is 1.13. The second-order valence-electron chi connectivity index (χ2n) is 15.0. The minimum atomic E-state index is -0.737. The Morgan fingerprint density at radius 3 is 1.80 bits per heavy atom. The van der Waals surface area contributed by atoms with Crippen LogP contribution < -0.4 is 9.64 Å². The van der Waals surface area contributed by atoms with E-state index in [9.17, 15) is 0 Å². The average molecular weight is 730 g/mol. The van der Waals surface area contributed by atoms with E-state index in [4.69, 9.17) is 9.72 Å². The number of rotatable bonds is 9. The zero-order chi connectivity index (χ0) is 38.2. The lowest BCUT2D eigenvalue weighted by Crippen LogP contribution is -2.38. The smallest absolute Gasteiger partial charge is 0.129 e. The molecule has 0 spiro atoms. The standard InChI is InChI=1S/C50H43N5O/c1-34(2)41-23-16-24-42(35(3)4)49(41)45-33-54(53-52-45)38-20-15-22-40(32-38)56-39-21-14-17-36(31-39)50(48-29-12-13-30-51-48)43-25-8-10-27-46(43)55(37-18-6-5-7-19-37)47-28-11-9-26-44(47)50/h5-35H,1-4H3. The Hall–Kier alpha value is -6.79. The van der Waals surface area contributed by atoms with Crippen molar-refractivity contribution in [1.82, 2.24) is 20.0 Å². The zero-order valence-electron chi connectivity index (χ0n) is 32.0. The lowest BCUT2D eigenvalue weighted by atomic mass is 9.64. The van der Waals surface area contributed by atoms with Gasteiger partial charge in [-0.15, -0.1) is 5.10 Å². The molecule has 1 aliphatic rings. The van der Waals surface area contributed by atoms with Crippen molar-refractivity contribution in [3.05, 3.63) is 210 Å². The minimum Gasteiger partial charge on any atom is -0.457 e. The number of nitrogens with zero attached hydrogens (tertiary/aromatic N) is 5. The maximum atomic E-state index is 6.72. The van der Waals surface area contributed by atoms with Gasteiger partial charge in [0.25, 0.3) is 0 Å². The summed E-state index contributed by atoms with van der Waals surface area (Å²) in [6.45, 7) is 8.91. The molecule has 9 rings (SSSR count). The second-order valence-corrected chi connectivity index (χ2v) is 15.0. The van der Waals surface area contributed by atoms with Gasteiger partial charge in [-0.25, -0.2) is 4.68 Å². The first kappa shape index (κ1) is 34.9. The Labute approximate surface area is 328 Å². The molecule has 0 fully saturated rings. The summed E-state index contributed by atoms with van der Waals surface area (Å²) in [6.07, 6.45) is 3.92. The summed E-state index contributed by atoms with van der Waals surface area (Å²) in [5, 5.41) is 9.29. The van der Waals surface area contributed by atoms with Crippen LogP contribution in [0.2, 0.25) is 0 Å². The summed E-state index contributed by atoms with van der Waals surface area (Å²) in [7, 11) is 0. The van der Waals surface area contributed by atoms with Crippen LogP contribution in [-0.4, -0.2) is 20.0 Å². The van der Waals surface area contributed by atoms with E-state index >= 15 is 0 Å². The third kappa shape index (κ3) is 5.95. The van der Waals surface area contributed by atoms with Crippen LogP contribution >= 0.6 is 0 Å². The third-order valence-electron chi connectivity index (χ3n) is 10.9. The molecule has 1 aliphatic heterocycles. The van der Waals surface area contributed by atoms with Crippen LogP contribution in [0.3, 0.4) is 0 Å². The van der Waals surface area contributed by atoms with E-state index in [2.05, 4.69) is 170 Å². The van der Waals surface area contributed by atoms with Crippen molar-refractivity contribution >= 4 is 17.1 Å². The maximum absolute atomic E-state index is 6.72. The molecule has 0 radical (unpaired) electrons. The molecule has 6 aromatic carbocycles. The predicted octanol–water partition coefficient (Wildman–Crippen LogP) is 12.5. The summed E-state index contributed by atoms with van der Waals surface area (Å²) in [5.74, 6) is 2.14. The Morgan fingerprint density at radius 2 is 1.14 bits per heavy atom. The van der Waals surface area contributed by atoms with Crippen molar-refractivity contribution in [3.63, 3.8) is 0 Å². The molecular formula is C50H43N5O. The van der Waals surface area contributed by atoms with Gasteiger partial charge in [0.1, 0.15) is 17.2 Å². The highest BCUT2D eigenvalue weighted by Crippen LogP contribution is 2.57. The summed E-state index contributed by atoms with van der Waals surface area (Å²) in [5.41, 5.74) is 12.3. The number of pyridine rings is 1. The summed E-state index contributed by atoms with van der Waals surface area (Å²) in [6, 6.07) is 57.2. The van der Waals surface area contributed by atoms with Gasteiger partial charge >= 0.3 is 0 Å². The minimum absolute atomic E-state index is 0.358. The highest BCUT2D eigenvalue weighted by Gasteiger charge is 2.47. The van der Waals surface area contributed by atoms with Gasteiger partial charge in [0.15, 0.2) is 0 Å². The SMILES string of the molecule is CC(C)c1cccc(C(C)C)c1-c1cn(-c2cccc(Oc3cccc(C4(c5ccccn5)c5ccccc5N(c5ccccc5)c5ccccc54)c3)c2)nn1. The van der Waals surface area contributed by atoms with Gasteiger partial charge in [-0.3, -0.25) is 4.98 Å². The van der Waals surface area contributed by atoms with E-state index in [0.29, 0.717) is 17.6 Å². The molecule has 6 nitrogen and oxygen atoms in total. The number of benzene rings is 6. The van der Waals surface area contributed by atoms with Crippen molar-refractivity contribution in [2.24, 2.45) is 0 Å². The van der Waals surface area contributed by atoms with E-state index in [1.165, 1.54) is 16.7 Å². The number of ether oxygens (including phenoxy) is 1. The molecular weight excluding hydrogens is 687 g/mol. The molecule has 0 saturated heterocycles. The predicted molar refractivity (Wildman–Crippen MR) is 226 cm³/mol. The normalized spacial score (nSPS) is 13.1. The van der Waals surface area contributed by atoms with Gasteiger partial charge < -0.3 is 9.64 Å². The molecule has 0 unspecified atom stereocenters. The van der Waals surface area contributed by atoms with Gasteiger partial charge in [-0.05, 0) is 100 Å². The van der Waals surface area contributed by atoms with Crippen LogP contribution in [0.25, 0.3) is 16.9 Å². The van der Waals surface area contributed by atoms with Crippen molar-refractivity contribution in [3.8, 4) is 28.4 Å². The lowest BCUT2D eigenvalue weighted by Gasteiger charge is -2.45. The number of fused-ring (bicyclic) bond motifs is 2. The first-order valence-electron chi connectivity index (χ1n) is 19.3. The molecule has 3 heterocycles. The van der Waals surface area contributed by atoms with Crippen LogP contribution in [0.4, 0.5) is 17.1 Å². The molecule has 0 atom stereocenters. The van der Waals surface area contributed by atoms with Crippen molar-refractivity contribution in [2.45, 2.75) is 44.9 Å². The molecule has 0 amide bonds. The third-order valence-corrected chi connectivity index (χ3v) is 10.9. The summed E-state index contributed by atoms with van der Waals surface area (Å²) < 4.78 is 8.56. The van der Waals surface area contributed by atoms with Gasteiger partial charge in [0.2, 0.25) is 0 Å². The molecule has 8 aromatic rings. The summed E-state index contributed by atoms with van der Waals surface area (Å²) >= 11 is 0. The topological polar surface area (TPSA) is 56.1 Å². The Bertz CT molecular complexity index is 2570. The number of anilines is 3. The molecule has 274 valence electrons. The van der Waals surface area contributed by atoms with Crippen molar-refractivity contribution in [2.75, 3.05) is 4.90 Å². The van der Waals surface area contributed by atoms with E-state index in [1.807, 2.05) is 53.5 Å². The number of para-hydroxylation sites is 3. The fourth-order valence-electron chi connectivity index (χ4n) is 8.39. The molecule has 0 saturated carbocycles. The van der Waals surface area contributed by atoms with Crippen molar-refractivity contribution in [1.29, 1.82) is 0 Å². The average Bonchev–Trinajstić information content (AvgIpc) is 3.74. The van der Waals surface area contributed by atoms with E-state index in [-0.39, 0.29) is 0 Å². The molecule has 0 N–H and O–H groups in total. The number of hydrogen-bond acceptors (Lipinski definition) is 5. The first-order chi connectivity index (χ1) is 27.4. The van der Waals surface area contributed by atoms with Gasteiger partial charge in [-0.2, -0.15) is 0 Å². The van der Waals surface area contributed by atoms with Crippen LogP contribution in [0.1, 0.15) is 73.0 Å². The van der Waals surface area contributed by atoms with E-state index < -0.39 is 5.41 Å². The Morgan fingerprint density at radius 1 is 0.554 bits per heavy atom. The van der Waals surface area contributed by atoms with Crippen molar-refractivity contribution < 1.29 is 4.74 Å². The largest absolute Gasteiger partial charge is 0.457 e. The highest BCUT2D eigenvalue weighted by atomic mass is 16.5. The highest BCUT2D eigenvalue weighted by molar-refractivity contribution is 5.89. The van der Waals surface area contributed by atoms with Gasteiger partial charge in [0.05, 0.1) is 34.4 Å². The Kier molecular flexibility index (Phi) is 9.02. The zero-order valence-corrected chi connectivity index (χ0v) is 32.0. The summed E-state index contributed by atoms with van der Waals surface area (Å²) in [4.78, 5) is 7.44. The van der Waals surface area contributed by atoms with E-state index in [1.54, 1.807) is 0 Å². The maximum Gasteiger partial charge on any atom is 0.129 e. The van der Waals surface area contributed by atoms with E-state index in [0.717, 1.165) is 56.6 Å². The molecule has 2 aromatic heterocycles. The lowest BCUT2D eigenvalue weighted by molar-refractivity contribution is 0.480. The molecule has 0 aliphatic carbocycles.